The van der Waals surface area contributed by atoms with E-state index in [1.807, 2.05) is 6.92 Å². The Hall–Kier alpha value is -0.920. The molecule has 0 bridgehead atoms. The molecule has 0 radical (unpaired) electrons. The summed E-state index contributed by atoms with van der Waals surface area (Å²) in [6, 6.07) is 4.27. The fourth-order valence-electron chi connectivity index (χ4n) is 1.94. The van der Waals surface area contributed by atoms with Gasteiger partial charge in [0, 0.05) is 16.1 Å². The van der Waals surface area contributed by atoms with Crippen LogP contribution in [0, 0.1) is 0 Å². The highest BCUT2D eigenvalue weighted by molar-refractivity contribution is 9.10. The predicted octanol–water partition coefficient (Wildman–Crippen LogP) is 2.80. The van der Waals surface area contributed by atoms with Gasteiger partial charge in [0.15, 0.2) is 0 Å². The monoisotopic (exact) mass is 376 g/mol. The Bertz CT molecular complexity index is 602. The van der Waals surface area contributed by atoms with E-state index < -0.39 is 10.0 Å². The van der Waals surface area contributed by atoms with Gasteiger partial charge >= 0.3 is 0 Å². The molecule has 5 nitrogen and oxygen atoms in total. The van der Waals surface area contributed by atoms with Gasteiger partial charge in [0.2, 0.25) is 10.0 Å². The summed E-state index contributed by atoms with van der Waals surface area (Å²) in [6.45, 7) is 4.06. The molecule has 0 spiro atoms. The molecule has 1 atom stereocenters. The quantitative estimate of drug-likeness (QED) is 0.716. The summed E-state index contributed by atoms with van der Waals surface area (Å²) in [7, 11) is -3.84. The number of benzene rings is 1. The number of hydrogen-bond acceptors (Lipinski definition) is 3. The molecule has 1 amide bonds. The highest BCUT2D eigenvalue weighted by Crippen LogP contribution is 2.19. The second-order valence-electron chi connectivity index (χ2n) is 5.09. The molecule has 1 aromatic rings. The van der Waals surface area contributed by atoms with Crippen molar-refractivity contribution in [3.8, 4) is 0 Å². The standard InChI is InChI=1S/C14H21BrN2O3S/c1-3-4-5-6-10(2)17-14(18)11-7-12(15)9-13(8-11)21(16,19)20/h7-10H,3-6H2,1-2H3,(H,17,18)(H2,16,19,20). The fraction of sp³-hybridized carbons (Fsp3) is 0.500. The summed E-state index contributed by atoms with van der Waals surface area (Å²) in [5, 5.41) is 7.96. The average Bonchev–Trinajstić information content (AvgIpc) is 2.37. The zero-order chi connectivity index (χ0) is 16.0. The molecular weight excluding hydrogens is 356 g/mol. The summed E-state index contributed by atoms with van der Waals surface area (Å²) in [4.78, 5) is 12.1. The first-order valence-electron chi connectivity index (χ1n) is 6.88. The lowest BCUT2D eigenvalue weighted by molar-refractivity contribution is 0.0937. The van der Waals surface area contributed by atoms with Crippen LogP contribution >= 0.6 is 15.9 Å². The Balaban J connectivity index is 2.81. The Morgan fingerprint density at radius 2 is 2.00 bits per heavy atom. The van der Waals surface area contributed by atoms with Crippen molar-refractivity contribution < 1.29 is 13.2 Å². The summed E-state index contributed by atoms with van der Waals surface area (Å²) in [5.74, 6) is -0.301. The van der Waals surface area contributed by atoms with Gasteiger partial charge < -0.3 is 5.32 Å². The second kappa shape index (κ2) is 7.91. The van der Waals surface area contributed by atoms with Crippen LogP contribution in [0.1, 0.15) is 49.9 Å². The molecule has 0 fully saturated rings. The third-order valence-corrected chi connectivity index (χ3v) is 4.43. The van der Waals surface area contributed by atoms with E-state index in [0.29, 0.717) is 4.47 Å². The molecule has 118 valence electrons. The van der Waals surface area contributed by atoms with Crippen molar-refractivity contribution in [3.05, 3.63) is 28.2 Å². The minimum absolute atomic E-state index is 0.0426. The minimum atomic E-state index is -3.84. The Kier molecular flexibility index (Phi) is 6.83. The molecule has 0 heterocycles. The largest absolute Gasteiger partial charge is 0.350 e. The number of carbonyl (C=O) groups is 1. The Morgan fingerprint density at radius 3 is 2.57 bits per heavy atom. The van der Waals surface area contributed by atoms with Crippen LogP contribution in [0.4, 0.5) is 0 Å². The van der Waals surface area contributed by atoms with E-state index in [2.05, 4.69) is 28.2 Å². The molecule has 1 unspecified atom stereocenters. The molecule has 0 aliphatic rings. The maximum atomic E-state index is 12.2. The summed E-state index contributed by atoms with van der Waals surface area (Å²) < 4.78 is 23.3. The first-order chi connectivity index (χ1) is 9.74. The van der Waals surface area contributed by atoms with Gasteiger partial charge in [0.25, 0.3) is 5.91 Å². The van der Waals surface area contributed by atoms with Crippen molar-refractivity contribution in [2.24, 2.45) is 5.14 Å². The van der Waals surface area contributed by atoms with Crippen molar-refractivity contribution >= 4 is 31.9 Å². The van der Waals surface area contributed by atoms with E-state index in [4.69, 9.17) is 5.14 Å². The molecule has 0 saturated heterocycles. The second-order valence-corrected chi connectivity index (χ2v) is 7.57. The smallest absolute Gasteiger partial charge is 0.251 e. The van der Waals surface area contributed by atoms with Gasteiger partial charge in [-0.15, -0.1) is 0 Å². The lowest BCUT2D eigenvalue weighted by Crippen LogP contribution is -2.32. The first-order valence-corrected chi connectivity index (χ1v) is 9.22. The van der Waals surface area contributed by atoms with Crippen LogP contribution in [0.5, 0.6) is 0 Å². The number of halogens is 1. The molecule has 0 aliphatic carbocycles. The van der Waals surface area contributed by atoms with E-state index in [-0.39, 0.29) is 22.4 Å². The van der Waals surface area contributed by atoms with Gasteiger partial charge in [0.1, 0.15) is 0 Å². The normalized spacial score (nSPS) is 13.0. The maximum Gasteiger partial charge on any atom is 0.251 e. The number of carbonyl (C=O) groups excluding carboxylic acids is 1. The van der Waals surface area contributed by atoms with Crippen molar-refractivity contribution in [2.75, 3.05) is 0 Å². The van der Waals surface area contributed by atoms with Crippen molar-refractivity contribution in [2.45, 2.75) is 50.5 Å². The SMILES string of the molecule is CCCCCC(C)NC(=O)c1cc(Br)cc(S(N)(=O)=O)c1. The van der Waals surface area contributed by atoms with E-state index in [9.17, 15) is 13.2 Å². The van der Waals surface area contributed by atoms with Crippen LogP contribution in [0.3, 0.4) is 0 Å². The van der Waals surface area contributed by atoms with Gasteiger partial charge in [-0.05, 0) is 31.5 Å². The van der Waals surface area contributed by atoms with Gasteiger partial charge in [-0.1, -0.05) is 42.1 Å². The lowest BCUT2D eigenvalue weighted by Gasteiger charge is -2.14. The predicted molar refractivity (Wildman–Crippen MR) is 86.6 cm³/mol. The van der Waals surface area contributed by atoms with Crippen LogP contribution < -0.4 is 10.5 Å². The van der Waals surface area contributed by atoms with E-state index in [0.717, 1.165) is 25.7 Å². The molecule has 0 aromatic heterocycles. The third kappa shape index (κ3) is 6.15. The highest BCUT2D eigenvalue weighted by Gasteiger charge is 2.15. The van der Waals surface area contributed by atoms with E-state index in [1.54, 1.807) is 6.07 Å². The highest BCUT2D eigenvalue weighted by atomic mass is 79.9. The van der Waals surface area contributed by atoms with Crippen LogP contribution in [0.15, 0.2) is 27.6 Å². The topological polar surface area (TPSA) is 89.3 Å². The number of primary sulfonamides is 1. The molecule has 0 saturated carbocycles. The van der Waals surface area contributed by atoms with Crippen molar-refractivity contribution in [3.63, 3.8) is 0 Å². The molecule has 21 heavy (non-hydrogen) atoms. The van der Waals surface area contributed by atoms with Crippen LogP contribution in [0.25, 0.3) is 0 Å². The van der Waals surface area contributed by atoms with Crippen molar-refractivity contribution in [1.82, 2.24) is 5.32 Å². The minimum Gasteiger partial charge on any atom is -0.350 e. The first kappa shape index (κ1) is 18.1. The average molecular weight is 377 g/mol. The van der Waals surface area contributed by atoms with Crippen LogP contribution in [0.2, 0.25) is 0 Å². The Morgan fingerprint density at radius 1 is 1.33 bits per heavy atom. The summed E-state index contributed by atoms with van der Waals surface area (Å²) in [6.07, 6.45) is 4.21. The summed E-state index contributed by atoms with van der Waals surface area (Å²) >= 11 is 3.19. The molecular formula is C14H21BrN2O3S. The Labute approximate surface area is 134 Å². The van der Waals surface area contributed by atoms with Gasteiger partial charge in [-0.25, -0.2) is 13.6 Å². The van der Waals surface area contributed by atoms with Crippen molar-refractivity contribution in [1.29, 1.82) is 0 Å². The number of nitrogens with one attached hydrogen (secondary N) is 1. The molecule has 7 heteroatoms. The number of unbranched alkanes of at least 4 members (excludes halogenated alkanes) is 2. The molecule has 0 aliphatic heterocycles. The molecule has 1 aromatic carbocycles. The van der Waals surface area contributed by atoms with E-state index in [1.165, 1.54) is 12.1 Å². The van der Waals surface area contributed by atoms with Gasteiger partial charge in [0.05, 0.1) is 4.90 Å². The van der Waals surface area contributed by atoms with Crippen LogP contribution in [-0.2, 0) is 10.0 Å². The number of sulfonamides is 1. The van der Waals surface area contributed by atoms with Gasteiger partial charge in [-0.2, -0.15) is 0 Å². The number of amides is 1. The third-order valence-electron chi connectivity index (χ3n) is 3.08. The number of nitrogens with two attached hydrogens (primary N) is 1. The maximum absolute atomic E-state index is 12.2. The zero-order valence-electron chi connectivity index (χ0n) is 12.2. The lowest BCUT2D eigenvalue weighted by atomic mass is 10.1. The molecule has 1 rings (SSSR count). The van der Waals surface area contributed by atoms with Gasteiger partial charge in [-0.3, -0.25) is 4.79 Å². The zero-order valence-corrected chi connectivity index (χ0v) is 14.6. The van der Waals surface area contributed by atoms with E-state index >= 15 is 0 Å². The fourth-order valence-corrected chi connectivity index (χ4v) is 3.17. The number of hydrogen-bond donors (Lipinski definition) is 2. The molecule has 3 N–H and O–H groups in total. The number of rotatable bonds is 7. The summed E-state index contributed by atoms with van der Waals surface area (Å²) in [5.41, 5.74) is 0.274. The van der Waals surface area contributed by atoms with Crippen LogP contribution in [-0.4, -0.2) is 20.4 Å².